The summed E-state index contributed by atoms with van der Waals surface area (Å²) < 4.78 is 53.8. The molecule has 0 saturated heterocycles. The van der Waals surface area contributed by atoms with Gasteiger partial charge in [0.15, 0.2) is 0 Å². The molecule has 6 aromatic rings. The van der Waals surface area contributed by atoms with Gasteiger partial charge < -0.3 is 19.7 Å². The van der Waals surface area contributed by atoms with E-state index in [2.05, 4.69) is 72.6 Å². The molecule has 0 saturated carbocycles. The number of thiol groups is 1. The van der Waals surface area contributed by atoms with Crippen LogP contribution in [0.1, 0.15) is 42.6 Å². The first kappa shape index (κ1) is 60.7. The number of alkyl halides is 1. The largest absolute Gasteiger partial charge is 1.00 e. The first-order chi connectivity index (χ1) is 28.7. The van der Waals surface area contributed by atoms with Gasteiger partial charge in [-0.05, 0) is 107 Å². The van der Waals surface area contributed by atoms with Gasteiger partial charge in [0.25, 0.3) is 5.69 Å². The van der Waals surface area contributed by atoms with E-state index in [9.17, 15) is 28.0 Å². The monoisotopic (exact) mass is 1140 g/mol. The predicted octanol–water partition coefficient (Wildman–Crippen LogP) is 11.5. The van der Waals surface area contributed by atoms with Crippen LogP contribution < -0.4 is 66.0 Å². The van der Waals surface area contributed by atoms with Crippen molar-refractivity contribution in [2.75, 3.05) is 7.15 Å². The number of nitrogens with zero attached hydrogens (tertiary/aromatic N) is 1. The van der Waals surface area contributed by atoms with E-state index in [-0.39, 0.29) is 87.5 Å². The molecule has 0 aromatic heterocycles. The average molecular weight is 1150 g/mol. The van der Waals surface area contributed by atoms with Gasteiger partial charge in [0.05, 0.1) is 27.7 Å². The van der Waals surface area contributed by atoms with E-state index < -0.39 is 27.5 Å². The van der Waals surface area contributed by atoms with Crippen LogP contribution in [-0.2, 0) is 9.84 Å². The number of rotatable bonds is 1. The Balaban J connectivity index is 0. The summed E-state index contributed by atoms with van der Waals surface area (Å²) in [4.78, 5) is 13.3. The van der Waals surface area contributed by atoms with Crippen LogP contribution >= 0.6 is 72.2 Å². The Bertz CT molecular complexity index is 2460. The molecule has 6 aromatic carbocycles. The van der Waals surface area contributed by atoms with E-state index in [0.717, 1.165) is 26.4 Å². The molecule has 19 heteroatoms. The molecular formula is C44H48Br3FKNO10S3. The number of hydrogen-bond acceptors (Lipinski definition) is 12. The first-order valence-corrected chi connectivity index (χ1v) is 22.1. The van der Waals surface area contributed by atoms with Crippen LogP contribution in [0.3, 0.4) is 0 Å². The molecule has 0 fully saturated rings. The van der Waals surface area contributed by atoms with Gasteiger partial charge in [0.2, 0.25) is 9.84 Å². The fourth-order valence-corrected chi connectivity index (χ4v) is 8.16. The third-order valence-corrected chi connectivity index (χ3v) is 11.9. The van der Waals surface area contributed by atoms with Crippen LogP contribution in [0.15, 0.2) is 165 Å². The second kappa shape index (κ2) is 30.8. The molecule has 8 rings (SSSR count). The van der Waals surface area contributed by atoms with Gasteiger partial charge in [-0.2, -0.15) is 0 Å². The number of phenolic OH excluding ortho intramolecular Hbond substituents is 1. The third-order valence-electron chi connectivity index (χ3n) is 6.93. The predicted molar refractivity (Wildman–Crippen MR) is 257 cm³/mol. The zero-order valence-electron chi connectivity index (χ0n) is 34.3. The van der Waals surface area contributed by atoms with Gasteiger partial charge in [0, 0.05) is 19.9 Å². The standard InChI is InChI=1S/C13H10O3S.C12H7BrOS.C6H3Br2NO2.C6H6OS.C4H9O.CH3F.2CH4.K.H2O2/c1-9-6-7-13-11(8-9)16-10-4-2-3-5-12(10)17(13,14)15;13-8-5-6-12-10(7-8)14-9-3-1-2-4-11(9)15-12;7-4-1-2-5(8)6(3-4)9(10)11;7-5-3-1-2-4-6(5)8;1-4(2,3)5;1-2;;;;1-2/h2-8H,1H3;1-7H;1-3H;1-4,7-8H;1-3H3;1H3;2*1H4;;1-2H/q;;;;-1;;;;+1;/i;;;;;1D;;;;. The summed E-state index contributed by atoms with van der Waals surface area (Å²) in [7, 11) is -4.44. The fraction of sp³-hybridized carbons (Fsp3) is 0.182. The Hall–Kier alpha value is -2.34. The molecule has 0 spiro atoms. The van der Waals surface area contributed by atoms with Gasteiger partial charge >= 0.3 is 51.4 Å². The maximum atomic E-state index is 12.3. The molecule has 2 aliphatic heterocycles. The number of hydrogen-bond donors (Lipinski definition) is 4. The number of ether oxygens (including phenoxy) is 2. The number of aromatic hydroxyl groups is 1. The van der Waals surface area contributed by atoms with E-state index in [1.807, 2.05) is 43.3 Å². The third kappa shape index (κ3) is 20.8. The summed E-state index contributed by atoms with van der Waals surface area (Å²) >= 11 is 15.3. The molecule has 11 nitrogen and oxygen atoms in total. The number of fused-ring (bicyclic) bond motifs is 4. The minimum absolute atomic E-state index is 0. The van der Waals surface area contributed by atoms with Crippen molar-refractivity contribution < 1.29 is 101 Å². The van der Waals surface area contributed by atoms with Crippen molar-refractivity contribution in [2.24, 2.45) is 0 Å². The van der Waals surface area contributed by atoms with Crippen molar-refractivity contribution in [3.63, 3.8) is 0 Å². The van der Waals surface area contributed by atoms with Crippen molar-refractivity contribution in [3.8, 4) is 28.7 Å². The number of halogens is 4. The molecule has 0 bridgehead atoms. The second-order valence-electron chi connectivity index (χ2n) is 12.7. The molecule has 0 atom stereocenters. The van der Waals surface area contributed by atoms with Gasteiger partial charge in [-0.1, -0.05) is 122 Å². The molecule has 336 valence electrons. The van der Waals surface area contributed by atoms with Crippen LogP contribution in [0.25, 0.3) is 0 Å². The molecule has 63 heavy (non-hydrogen) atoms. The summed E-state index contributed by atoms with van der Waals surface area (Å²) in [6, 6.07) is 37.7. The number of sulfone groups is 1. The zero-order chi connectivity index (χ0) is 45.9. The van der Waals surface area contributed by atoms with Crippen LogP contribution in [0.2, 0.25) is 0 Å². The van der Waals surface area contributed by atoms with Crippen molar-refractivity contribution in [2.45, 2.75) is 72.6 Å². The molecule has 0 radical (unpaired) electrons. The molecule has 0 amide bonds. The number of phenols is 1. The molecule has 0 unspecified atom stereocenters. The van der Waals surface area contributed by atoms with Crippen molar-refractivity contribution in [3.05, 3.63) is 156 Å². The SMILES string of the molecule is Brc1ccc2c(c1)Oc1ccccc1S2.C.C.CC(C)(C)[O-].Cc1ccc2c(c1)Oc1ccccc1S2(=O)=O.O=[N+]([O-])c1cc(Br)ccc1Br.OO.Oc1ccccc1S.[2H]CF.[K+]. The number of aryl methyl sites for hydroxylation is 1. The molecule has 3 N–H and O–H groups in total. The fourth-order valence-electron chi connectivity index (χ4n) is 4.50. The van der Waals surface area contributed by atoms with Gasteiger partial charge in [-0.15, -0.1) is 18.2 Å². The molecular weight excluding hydrogens is 1100 g/mol. The van der Waals surface area contributed by atoms with Crippen LogP contribution in [0.5, 0.6) is 28.7 Å². The molecule has 2 aliphatic rings. The number of nitro groups is 1. The second-order valence-corrected chi connectivity index (χ2v) is 18.8. The van der Waals surface area contributed by atoms with Gasteiger partial charge in [0.1, 0.15) is 38.5 Å². The summed E-state index contributed by atoms with van der Waals surface area (Å²) in [6.07, 6.45) is 0. The van der Waals surface area contributed by atoms with E-state index in [0.29, 0.717) is 25.3 Å². The smallest absolute Gasteiger partial charge is 0.850 e. The molecule has 2 heterocycles. The minimum Gasteiger partial charge on any atom is -0.850 e. The maximum absolute atomic E-state index is 12.3. The van der Waals surface area contributed by atoms with Crippen LogP contribution in [0, 0.1) is 17.0 Å². The van der Waals surface area contributed by atoms with Crippen LogP contribution in [0.4, 0.5) is 10.1 Å². The topological polar surface area (TPSA) is 179 Å². The summed E-state index contributed by atoms with van der Waals surface area (Å²) in [5, 5.41) is 41.3. The number of nitro benzene ring substituents is 1. The summed E-state index contributed by atoms with van der Waals surface area (Å²) in [6.45, 7) is 6.80. The van der Waals surface area contributed by atoms with Crippen LogP contribution in [-0.4, -0.2) is 41.7 Å². The Kier molecular flexibility index (Phi) is 29.6. The zero-order valence-corrected chi connectivity index (χ0v) is 43.7. The van der Waals surface area contributed by atoms with E-state index in [1.54, 1.807) is 105 Å². The number of benzene rings is 6. The van der Waals surface area contributed by atoms with E-state index in [1.165, 1.54) is 11.0 Å². The normalized spacial score (nSPS) is 11.4. The average Bonchev–Trinajstić information content (AvgIpc) is 3.20. The van der Waals surface area contributed by atoms with Gasteiger partial charge in [-0.25, -0.2) is 8.42 Å². The Labute approximate surface area is 448 Å². The Morgan fingerprint density at radius 3 is 1.78 bits per heavy atom. The first-order valence-electron chi connectivity index (χ1n) is 17.6. The summed E-state index contributed by atoms with van der Waals surface area (Å²) in [5.74, 6) is 2.89. The van der Waals surface area contributed by atoms with Crippen molar-refractivity contribution in [1.29, 1.82) is 0 Å². The Morgan fingerprint density at radius 1 is 0.746 bits per heavy atom. The molecule has 0 aliphatic carbocycles. The quantitative estimate of drug-likeness (QED) is 0.0404. The van der Waals surface area contributed by atoms with Crippen molar-refractivity contribution in [1.82, 2.24) is 0 Å². The van der Waals surface area contributed by atoms with E-state index in [4.69, 9.17) is 26.5 Å². The summed E-state index contributed by atoms with van der Waals surface area (Å²) in [5.41, 5.74) is 0.290. The van der Waals surface area contributed by atoms with Crippen molar-refractivity contribution >= 4 is 87.7 Å². The maximum Gasteiger partial charge on any atom is 1.00 e. The minimum atomic E-state index is -3.44. The Morgan fingerprint density at radius 2 is 1.22 bits per heavy atom. The number of para-hydroxylation sites is 3. The van der Waals surface area contributed by atoms with Gasteiger partial charge in [-0.3, -0.25) is 25.0 Å². The van der Waals surface area contributed by atoms with E-state index >= 15 is 0 Å².